The molecule has 11 nitrogen and oxygen atoms in total. The highest BCUT2D eigenvalue weighted by Crippen LogP contribution is 2.22. The predicted molar refractivity (Wildman–Crippen MR) is 130 cm³/mol. The minimum atomic E-state index is -3.57. The Kier molecular flexibility index (Phi) is 6.43. The van der Waals surface area contributed by atoms with E-state index in [0.717, 1.165) is 11.0 Å². The first-order valence-electron chi connectivity index (χ1n) is 11.8. The third-order valence-electron chi connectivity index (χ3n) is 6.39. The lowest BCUT2D eigenvalue weighted by molar-refractivity contribution is 0.0730. The van der Waals surface area contributed by atoms with Crippen molar-refractivity contribution in [2.75, 3.05) is 57.4 Å². The van der Waals surface area contributed by atoms with Crippen molar-refractivity contribution in [2.45, 2.75) is 24.8 Å². The number of hydrogen-bond donors (Lipinski definition) is 0. The molecule has 0 aromatic carbocycles. The van der Waals surface area contributed by atoms with Crippen molar-refractivity contribution in [3.63, 3.8) is 0 Å². The lowest BCUT2D eigenvalue weighted by atomic mass is 10.2. The van der Waals surface area contributed by atoms with E-state index in [-0.39, 0.29) is 16.8 Å². The molecule has 3 aromatic heterocycles. The van der Waals surface area contributed by atoms with Gasteiger partial charge in [-0.25, -0.2) is 23.1 Å². The molecule has 0 unspecified atom stereocenters. The Morgan fingerprint density at radius 1 is 0.971 bits per heavy atom. The largest absolute Gasteiger partial charge is 0.379 e. The summed E-state index contributed by atoms with van der Waals surface area (Å²) in [6.07, 6.45) is 4.77. The van der Waals surface area contributed by atoms with Crippen molar-refractivity contribution in [1.29, 1.82) is 0 Å². The van der Waals surface area contributed by atoms with E-state index in [9.17, 15) is 13.2 Å². The quantitative estimate of drug-likeness (QED) is 0.518. The van der Waals surface area contributed by atoms with Crippen molar-refractivity contribution in [2.24, 2.45) is 0 Å². The van der Waals surface area contributed by atoms with Crippen LogP contribution >= 0.6 is 0 Å². The number of ether oxygens (including phenoxy) is 1. The van der Waals surface area contributed by atoms with Crippen LogP contribution in [0.1, 0.15) is 30.2 Å². The van der Waals surface area contributed by atoms with Crippen molar-refractivity contribution in [1.82, 2.24) is 29.0 Å². The maximum absolute atomic E-state index is 13.1. The number of fused-ring (bicyclic) bond motifs is 1. The van der Waals surface area contributed by atoms with E-state index in [2.05, 4.69) is 20.0 Å². The van der Waals surface area contributed by atoms with Crippen molar-refractivity contribution < 1.29 is 17.9 Å². The van der Waals surface area contributed by atoms with Gasteiger partial charge in [-0.2, -0.15) is 9.40 Å². The van der Waals surface area contributed by atoms with Gasteiger partial charge in [0.1, 0.15) is 10.7 Å². The Morgan fingerprint density at radius 2 is 1.71 bits per heavy atom. The van der Waals surface area contributed by atoms with Crippen molar-refractivity contribution in [3.8, 4) is 0 Å². The normalized spacial score (nSPS) is 17.9. The smallest absolute Gasteiger partial charge is 0.255 e. The predicted octanol–water partition coefficient (Wildman–Crippen LogP) is 1.39. The number of carbonyl (C=O) groups excluding carboxylic acids is 1. The highest BCUT2D eigenvalue weighted by Gasteiger charge is 2.28. The monoisotopic (exact) mass is 499 g/mol. The molecule has 0 atom stereocenters. The minimum Gasteiger partial charge on any atom is -0.379 e. The second-order valence-corrected chi connectivity index (χ2v) is 10.9. The first-order valence-corrected chi connectivity index (χ1v) is 13.2. The number of sulfonamides is 1. The molecule has 35 heavy (non-hydrogen) atoms. The fourth-order valence-electron chi connectivity index (χ4n) is 4.40. The van der Waals surface area contributed by atoms with Crippen LogP contribution in [0, 0.1) is 0 Å². The number of anilines is 1. The molecule has 0 aliphatic carbocycles. The number of piperazine rings is 1. The number of carbonyl (C=O) groups is 1. The second-order valence-electron chi connectivity index (χ2n) is 8.97. The van der Waals surface area contributed by atoms with Gasteiger partial charge in [0.25, 0.3) is 5.91 Å². The zero-order valence-corrected chi connectivity index (χ0v) is 20.7. The molecule has 1 amide bonds. The van der Waals surface area contributed by atoms with E-state index < -0.39 is 10.0 Å². The fraction of sp³-hybridized carbons (Fsp3) is 0.478. The Morgan fingerprint density at radius 3 is 2.37 bits per heavy atom. The van der Waals surface area contributed by atoms with Crippen molar-refractivity contribution in [3.05, 3.63) is 42.4 Å². The molecule has 0 bridgehead atoms. The molecule has 2 aliphatic rings. The van der Waals surface area contributed by atoms with Crippen LogP contribution in [0.25, 0.3) is 11.0 Å². The highest BCUT2D eigenvalue weighted by atomic mass is 32.2. The summed E-state index contributed by atoms with van der Waals surface area (Å²) < 4.78 is 34.1. The summed E-state index contributed by atoms with van der Waals surface area (Å²) in [6.45, 7) is 7.87. The minimum absolute atomic E-state index is 0.0590. The average molecular weight is 500 g/mol. The molecule has 0 saturated carbocycles. The maximum atomic E-state index is 13.1. The number of rotatable bonds is 5. The molecule has 2 fully saturated rings. The van der Waals surface area contributed by atoms with Crippen LogP contribution < -0.4 is 4.90 Å². The summed E-state index contributed by atoms with van der Waals surface area (Å²) in [5.74, 6) is 0.637. The molecular weight excluding hydrogens is 470 g/mol. The molecule has 2 saturated heterocycles. The molecular formula is C23H29N7O4S. The molecule has 12 heteroatoms. The van der Waals surface area contributed by atoms with E-state index in [1.54, 1.807) is 24.5 Å². The van der Waals surface area contributed by atoms with Gasteiger partial charge in [-0.15, -0.1) is 0 Å². The summed E-state index contributed by atoms with van der Waals surface area (Å²) in [5, 5.41) is 5.22. The van der Waals surface area contributed by atoms with Gasteiger partial charge in [-0.3, -0.25) is 4.79 Å². The lowest BCUT2D eigenvalue weighted by Gasteiger charge is -2.35. The summed E-state index contributed by atoms with van der Waals surface area (Å²) in [6, 6.07) is 5.37. The SMILES string of the molecule is CC(C)n1ncc2cc(C(=O)N3CCN(c4ccc(S(=O)(=O)N5CCOCC5)cn4)CC3)cnc21. The maximum Gasteiger partial charge on any atom is 0.255 e. The van der Waals surface area contributed by atoms with Gasteiger partial charge >= 0.3 is 0 Å². The van der Waals surface area contributed by atoms with Crippen LogP contribution in [0.5, 0.6) is 0 Å². The number of hydrogen-bond acceptors (Lipinski definition) is 8. The van der Waals surface area contributed by atoms with Crippen LogP contribution in [0.3, 0.4) is 0 Å². The Bertz CT molecular complexity index is 1310. The summed E-state index contributed by atoms with van der Waals surface area (Å²) in [7, 11) is -3.57. The van der Waals surface area contributed by atoms with Gasteiger partial charge in [0, 0.05) is 63.1 Å². The van der Waals surface area contributed by atoms with E-state index in [0.29, 0.717) is 63.9 Å². The molecule has 3 aromatic rings. The van der Waals surface area contributed by atoms with Gasteiger partial charge in [0.15, 0.2) is 5.65 Å². The molecule has 5 heterocycles. The average Bonchev–Trinajstić information content (AvgIpc) is 3.33. The molecule has 0 radical (unpaired) electrons. The van der Waals surface area contributed by atoms with Gasteiger partial charge in [-0.1, -0.05) is 0 Å². The standard InChI is InChI=1S/C23H29N7O4S/c1-17(2)30-22-18(15-26-30)13-19(14-25-22)23(31)28-7-5-27(6-8-28)21-4-3-20(16-24-21)35(32,33)29-9-11-34-12-10-29/h3-4,13-17H,5-12H2,1-2H3. The van der Waals surface area contributed by atoms with E-state index in [1.165, 1.54) is 10.5 Å². The van der Waals surface area contributed by atoms with Crippen LogP contribution in [0.15, 0.2) is 41.7 Å². The summed E-state index contributed by atoms with van der Waals surface area (Å²) >= 11 is 0. The third kappa shape index (κ3) is 4.60. The van der Waals surface area contributed by atoms with Crippen LogP contribution in [-0.2, 0) is 14.8 Å². The molecule has 0 N–H and O–H groups in total. The fourth-order valence-corrected chi connectivity index (χ4v) is 5.76. The first-order chi connectivity index (χ1) is 16.8. The zero-order valence-electron chi connectivity index (χ0n) is 19.9. The van der Waals surface area contributed by atoms with Crippen LogP contribution in [0.4, 0.5) is 5.82 Å². The Hall–Kier alpha value is -3.09. The van der Waals surface area contributed by atoms with E-state index in [4.69, 9.17) is 4.74 Å². The van der Waals surface area contributed by atoms with Crippen LogP contribution in [-0.4, -0.2) is 95.8 Å². The molecule has 5 rings (SSSR count). The number of pyridine rings is 2. The van der Waals surface area contributed by atoms with Gasteiger partial charge in [0.05, 0.1) is 25.0 Å². The molecule has 186 valence electrons. The molecule has 2 aliphatic heterocycles. The first kappa shape index (κ1) is 23.6. The van der Waals surface area contributed by atoms with E-state index >= 15 is 0 Å². The lowest BCUT2D eigenvalue weighted by Crippen LogP contribution is -2.49. The van der Waals surface area contributed by atoms with Gasteiger partial charge in [-0.05, 0) is 32.0 Å². The number of morpholine rings is 1. The van der Waals surface area contributed by atoms with Crippen LogP contribution in [0.2, 0.25) is 0 Å². The zero-order chi connectivity index (χ0) is 24.6. The van der Waals surface area contributed by atoms with E-state index in [1.807, 2.05) is 29.5 Å². The Labute approximate surface area is 204 Å². The topological polar surface area (TPSA) is 114 Å². The number of amides is 1. The highest BCUT2D eigenvalue weighted by molar-refractivity contribution is 7.89. The number of aromatic nitrogens is 4. The summed E-state index contributed by atoms with van der Waals surface area (Å²) in [4.78, 5) is 26.0. The third-order valence-corrected chi connectivity index (χ3v) is 8.27. The second kappa shape index (κ2) is 9.51. The summed E-state index contributed by atoms with van der Waals surface area (Å²) in [5.41, 5.74) is 1.32. The molecule has 0 spiro atoms. The number of nitrogens with zero attached hydrogens (tertiary/aromatic N) is 7. The van der Waals surface area contributed by atoms with Crippen molar-refractivity contribution >= 4 is 32.8 Å². The van der Waals surface area contributed by atoms with Gasteiger partial charge in [0.2, 0.25) is 10.0 Å². The Balaban J connectivity index is 1.22. The van der Waals surface area contributed by atoms with Gasteiger partial charge < -0.3 is 14.5 Å².